The molecule has 0 unspecified atom stereocenters. The second-order valence-electron chi connectivity index (χ2n) is 4.45. The maximum atomic E-state index is 11.1. The molecule has 1 aromatic carbocycles. The first kappa shape index (κ1) is 11.6. The molecule has 1 fully saturated rings. The van der Waals surface area contributed by atoms with Gasteiger partial charge in [0, 0.05) is 0 Å². The Morgan fingerprint density at radius 1 is 1.00 bits per heavy atom. The number of rotatable bonds is 2. The Morgan fingerprint density at radius 2 is 1.56 bits per heavy atom. The summed E-state index contributed by atoms with van der Waals surface area (Å²) in [5, 5.41) is 5.06. The zero-order valence-corrected chi connectivity index (χ0v) is 10.0. The van der Waals surface area contributed by atoms with Crippen molar-refractivity contribution >= 4 is 10.0 Å². The van der Waals surface area contributed by atoms with E-state index in [9.17, 15) is 8.42 Å². The summed E-state index contributed by atoms with van der Waals surface area (Å²) in [5.74, 6) is 0.600. The highest BCUT2D eigenvalue weighted by Gasteiger charge is 2.16. The molecule has 2 N–H and O–H groups in total. The fourth-order valence-electron chi connectivity index (χ4n) is 2.37. The van der Waals surface area contributed by atoms with Crippen LogP contribution >= 0.6 is 0 Å². The topological polar surface area (TPSA) is 60.2 Å². The summed E-state index contributed by atoms with van der Waals surface area (Å²) in [4.78, 5) is 0.201. The summed E-state index contributed by atoms with van der Waals surface area (Å²) < 4.78 is 22.2. The maximum Gasteiger partial charge on any atom is 0.238 e. The fourth-order valence-corrected chi connectivity index (χ4v) is 2.88. The highest BCUT2D eigenvalue weighted by atomic mass is 32.2. The van der Waals surface area contributed by atoms with Gasteiger partial charge in [0.05, 0.1) is 4.90 Å². The van der Waals surface area contributed by atoms with Gasteiger partial charge < -0.3 is 0 Å². The van der Waals surface area contributed by atoms with Crippen molar-refractivity contribution in [3.05, 3.63) is 29.8 Å². The Labute approximate surface area is 96.7 Å². The van der Waals surface area contributed by atoms with E-state index < -0.39 is 10.0 Å². The average molecular weight is 239 g/mol. The Morgan fingerprint density at radius 3 is 2.06 bits per heavy atom. The Hall–Kier alpha value is -0.870. The van der Waals surface area contributed by atoms with Gasteiger partial charge in [0.1, 0.15) is 0 Å². The Kier molecular flexibility index (Phi) is 3.30. The van der Waals surface area contributed by atoms with Crippen LogP contribution in [0.2, 0.25) is 0 Å². The van der Waals surface area contributed by atoms with Crippen LogP contribution in [0.15, 0.2) is 29.2 Å². The van der Waals surface area contributed by atoms with Gasteiger partial charge in [-0.2, -0.15) is 0 Å². The van der Waals surface area contributed by atoms with Gasteiger partial charge in [0.25, 0.3) is 0 Å². The molecular weight excluding hydrogens is 222 g/mol. The monoisotopic (exact) mass is 239 g/mol. The van der Waals surface area contributed by atoms with E-state index in [1.807, 2.05) is 12.1 Å². The highest BCUT2D eigenvalue weighted by molar-refractivity contribution is 7.89. The summed E-state index contributed by atoms with van der Waals surface area (Å²) in [6.45, 7) is 0. The van der Waals surface area contributed by atoms with Crippen molar-refractivity contribution < 1.29 is 8.42 Å². The van der Waals surface area contributed by atoms with E-state index in [0.717, 1.165) is 0 Å². The van der Waals surface area contributed by atoms with E-state index in [-0.39, 0.29) is 4.90 Å². The van der Waals surface area contributed by atoms with E-state index in [4.69, 9.17) is 5.14 Å². The number of primary sulfonamides is 1. The van der Waals surface area contributed by atoms with Gasteiger partial charge in [0.2, 0.25) is 10.0 Å². The molecule has 0 amide bonds. The number of benzene rings is 1. The molecular formula is C12H17NO2S. The molecule has 1 aliphatic carbocycles. The maximum absolute atomic E-state index is 11.1. The normalized spacial score (nSPS) is 18.6. The van der Waals surface area contributed by atoms with Gasteiger partial charge in [-0.1, -0.05) is 31.4 Å². The molecule has 16 heavy (non-hydrogen) atoms. The molecule has 0 spiro atoms. The quantitative estimate of drug-likeness (QED) is 0.861. The van der Waals surface area contributed by atoms with E-state index >= 15 is 0 Å². The van der Waals surface area contributed by atoms with Crippen molar-refractivity contribution in [3.63, 3.8) is 0 Å². The van der Waals surface area contributed by atoms with Crippen LogP contribution in [0, 0.1) is 0 Å². The highest BCUT2D eigenvalue weighted by Crippen LogP contribution is 2.32. The molecule has 1 aliphatic rings. The lowest BCUT2D eigenvalue weighted by Crippen LogP contribution is -2.12. The first-order valence-electron chi connectivity index (χ1n) is 5.70. The summed E-state index contributed by atoms with van der Waals surface area (Å²) in [5.41, 5.74) is 1.24. The van der Waals surface area contributed by atoms with Gasteiger partial charge in [-0.05, 0) is 36.5 Å². The fraction of sp³-hybridized carbons (Fsp3) is 0.500. The van der Waals surface area contributed by atoms with Crippen molar-refractivity contribution in [2.45, 2.75) is 42.9 Å². The average Bonchev–Trinajstić information content (AvgIpc) is 2.29. The second-order valence-corrected chi connectivity index (χ2v) is 6.01. The molecule has 0 heterocycles. The van der Waals surface area contributed by atoms with Crippen molar-refractivity contribution in [2.24, 2.45) is 5.14 Å². The van der Waals surface area contributed by atoms with Crippen LogP contribution in [0.25, 0.3) is 0 Å². The minimum atomic E-state index is -3.55. The van der Waals surface area contributed by atoms with Crippen LogP contribution in [-0.4, -0.2) is 8.42 Å². The third-order valence-electron chi connectivity index (χ3n) is 3.29. The number of sulfonamides is 1. The van der Waals surface area contributed by atoms with E-state index in [0.29, 0.717) is 5.92 Å². The zero-order valence-electron chi connectivity index (χ0n) is 9.22. The lowest BCUT2D eigenvalue weighted by Gasteiger charge is -2.21. The van der Waals surface area contributed by atoms with E-state index in [1.165, 1.54) is 37.7 Å². The summed E-state index contributed by atoms with van der Waals surface area (Å²) in [6.07, 6.45) is 6.32. The molecule has 0 bridgehead atoms. The van der Waals surface area contributed by atoms with Crippen LogP contribution in [0.4, 0.5) is 0 Å². The van der Waals surface area contributed by atoms with Gasteiger partial charge >= 0.3 is 0 Å². The van der Waals surface area contributed by atoms with Crippen LogP contribution in [0.3, 0.4) is 0 Å². The van der Waals surface area contributed by atoms with Crippen LogP contribution in [0.1, 0.15) is 43.6 Å². The van der Waals surface area contributed by atoms with Gasteiger partial charge in [0.15, 0.2) is 0 Å². The molecule has 1 aromatic rings. The lowest BCUT2D eigenvalue weighted by atomic mass is 9.84. The van der Waals surface area contributed by atoms with Crippen LogP contribution in [-0.2, 0) is 10.0 Å². The van der Waals surface area contributed by atoms with Gasteiger partial charge in [-0.15, -0.1) is 0 Å². The first-order valence-corrected chi connectivity index (χ1v) is 7.25. The van der Waals surface area contributed by atoms with Gasteiger partial charge in [-0.25, -0.2) is 13.6 Å². The molecule has 2 rings (SSSR count). The Bertz CT molecular complexity index is 444. The van der Waals surface area contributed by atoms with Crippen molar-refractivity contribution in [2.75, 3.05) is 0 Å². The van der Waals surface area contributed by atoms with Crippen molar-refractivity contribution in [3.8, 4) is 0 Å². The zero-order chi connectivity index (χ0) is 11.6. The second kappa shape index (κ2) is 4.55. The van der Waals surface area contributed by atoms with E-state index in [2.05, 4.69) is 0 Å². The van der Waals surface area contributed by atoms with Gasteiger partial charge in [-0.3, -0.25) is 0 Å². The van der Waals surface area contributed by atoms with Crippen LogP contribution < -0.4 is 5.14 Å². The molecule has 4 heteroatoms. The number of hydrogen-bond acceptors (Lipinski definition) is 2. The first-order chi connectivity index (χ1) is 7.57. The molecule has 1 saturated carbocycles. The SMILES string of the molecule is NS(=O)(=O)c1ccc(C2CCCCC2)cc1. The van der Waals surface area contributed by atoms with Crippen molar-refractivity contribution in [1.82, 2.24) is 0 Å². The summed E-state index contributed by atoms with van der Waals surface area (Å²) in [7, 11) is -3.55. The largest absolute Gasteiger partial charge is 0.238 e. The molecule has 0 aliphatic heterocycles. The lowest BCUT2D eigenvalue weighted by molar-refractivity contribution is 0.443. The summed E-state index contributed by atoms with van der Waals surface area (Å²) >= 11 is 0. The third kappa shape index (κ3) is 2.62. The molecule has 88 valence electrons. The third-order valence-corrected chi connectivity index (χ3v) is 4.21. The Balaban J connectivity index is 2.18. The smallest absolute Gasteiger partial charge is 0.225 e. The molecule has 3 nitrogen and oxygen atoms in total. The predicted molar refractivity (Wildman–Crippen MR) is 63.6 cm³/mol. The number of nitrogens with two attached hydrogens (primary N) is 1. The van der Waals surface area contributed by atoms with Crippen molar-refractivity contribution in [1.29, 1.82) is 0 Å². The van der Waals surface area contributed by atoms with E-state index in [1.54, 1.807) is 12.1 Å². The molecule has 0 aromatic heterocycles. The molecule has 0 saturated heterocycles. The molecule has 0 atom stereocenters. The standard InChI is InChI=1S/C12H17NO2S/c13-16(14,15)12-8-6-11(7-9-12)10-4-2-1-3-5-10/h6-10H,1-5H2,(H2,13,14,15). The predicted octanol–water partition coefficient (Wildman–Crippen LogP) is 2.38. The minimum Gasteiger partial charge on any atom is -0.225 e. The number of hydrogen-bond donors (Lipinski definition) is 1. The molecule has 0 radical (unpaired) electrons. The summed E-state index contributed by atoms with van der Waals surface area (Å²) in [6, 6.07) is 7.02. The van der Waals surface area contributed by atoms with Crippen LogP contribution in [0.5, 0.6) is 0 Å². The minimum absolute atomic E-state index is 0.201.